The van der Waals surface area contributed by atoms with Gasteiger partial charge in [0.05, 0.1) is 0 Å². The van der Waals surface area contributed by atoms with E-state index in [2.05, 4.69) is 4.98 Å². The second-order valence-corrected chi connectivity index (χ2v) is 6.56. The molecule has 0 bridgehead atoms. The van der Waals surface area contributed by atoms with E-state index in [9.17, 15) is 4.39 Å². The van der Waals surface area contributed by atoms with E-state index >= 15 is 0 Å². The number of nitrogens with zero attached hydrogens (tertiary/aromatic N) is 2. The highest BCUT2D eigenvalue weighted by atomic mass is 19.1. The minimum Gasteiger partial charge on any atom is -0.481 e. The quantitative estimate of drug-likeness (QED) is 0.662. The van der Waals surface area contributed by atoms with Gasteiger partial charge < -0.3 is 10.8 Å². The second kappa shape index (κ2) is 7.60. The van der Waals surface area contributed by atoms with Crippen molar-refractivity contribution in [2.24, 2.45) is 10.7 Å². The molecule has 1 aliphatic rings. The Morgan fingerprint density at radius 1 is 1.07 bits per heavy atom. The predicted molar refractivity (Wildman–Crippen MR) is 107 cm³/mol. The Balaban J connectivity index is 0.000000516. The van der Waals surface area contributed by atoms with Crippen LogP contribution in [0.25, 0.3) is 11.1 Å². The average molecular weight is 377 g/mol. The van der Waals surface area contributed by atoms with Gasteiger partial charge in [-0.1, -0.05) is 42.5 Å². The number of nitrogens with two attached hydrogens (primary N) is 1. The molecule has 1 aliphatic heterocycles. The second-order valence-electron chi connectivity index (χ2n) is 6.56. The first-order valence-electron chi connectivity index (χ1n) is 8.69. The molecule has 1 aromatic heterocycles. The standard InChI is InChI=1S/C20H16FN3.C2H4O2/c1-20(17-10-3-2-8-16(17)19(22)24-20)14-7-4-6-13(12-14)15-9-5-11-23-18(15)21;1-2(3)4/h2-12H,1H3,(H2,22,24);1H3,(H,3,4). The summed E-state index contributed by atoms with van der Waals surface area (Å²) >= 11 is 0. The van der Waals surface area contributed by atoms with Gasteiger partial charge in [-0.2, -0.15) is 4.39 Å². The normalized spacial score (nSPS) is 17.2. The van der Waals surface area contributed by atoms with E-state index < -0.39 is 17.5 Å². The Bertz CT molecular complexity index is 1060. The molecule has 5 nitrogen and oxygen atoms in total. The highest BCUT2D eigenvalue weighted by Gasteiger charge is 2.36. The topological polar surface area (TPSA) is 88.6 Å². The van der Waals surface area contributed by atoms with Crippen molar-refractivity contribution < 1.29 is 14.3 Å². The van der Waals surface area contributed by atoms with Crippen LogP contribution in [0.1, 0.15) is 30.5 Å². The van der Waals surface area contributed by atoms with E-state index in [0.717, 1.165) is 29.2 Å². The van der Waals surface area contributed by atoms with Gasteiger partial charge in [0.15, 0.2) is 0 Å². The van der Waals surface area contributed by atoms with Crippen LogP contribution in [-0.2, 0) is 10.3 Å². The largest absolute Gasteiger partial charge is 0.481 e. The SMILES string of the molecule is CC(=O)O.CC1(c2cccc(-c3cccnc3F)c2)N=C(N)c2ccccc21. The molecule has 1 unspecified atom stereocenters. The van der Waals surface area contributed by atoms with E-state index in [1.54, 1.807) is 12.1 Å². The third-order valence-corrected chi connectivity index (χ3v) is 4.57. The highest BCUT2D eigenvalue weighted by Crippen LogP contribution is 2.41. The molecule has 28 heavy (non-hydrogen) atoms. The third-order valence-electron chi connectivity index (χ3n) is 4.57. The summed E-state index contributed by atoms with van der Waals surface area (Å²) in [5, 5.41) is 7.42. The molecule has 3 N–H and O–H groups in total. The maximum absolute atomic E-state index is 14.0. The van der Waals surface area contributed by atoms with E-state index in [4.69, 9.17) is 20.6 Å². The fraction of sp³-hybridized carbons (Fsp3) is 0.136. The van der Waals surface area contributed by atoms with Crippen LogP contribution in [0.5, 0.6) is 0 Å². The number of pyridine rings is 1. The number of hydrogen-bond donors (Lipinski definition) is 2. The van der Waals surface area contributed by atoms with Crippen molar-refractivity contribution in [1.82, 2.24) is 4.98 Å². The lowest BCUT2D eigenvalue weighted by atomic mass is 9.84. The Morgan fingerprint density at radius 3 is 2.46 bits per heavy atom. The Morgan fingerprint density at radius 2 is 1.75 bits per heavy atom. The van der Waals surface area contributed by atoms with Crippen molar-refractivity contribution in [2.45, 2.75) is 19.4 Å². The highest BCUT2D eigenvalue weighted by molar-refractivity contribution is 6.02. The van der Waals surface area contributed by atoms with Gasteiger partial charge in [0.2, 0.25) is 5.95 Å². The fourth-order valence-corrected chi connectivity index (χ4v) is 3.30. The molecule has 0 radical (unpaired) electrons. The maximum atomic E-state index is 14.0. The molecule has 1 atom stereocenters. The van der Waals surface area contributed by atoms with Crippen LogP contribution in [0.4, 0.5) is 4.39 Å². The minimum absolute atomic E-state index is 0.477. The zero-order valence-corrected chi connectivity index (χ0v) is 15.6. The summed E-state index contributed by atoms with van der Waals surface area (Å²) in [5.41, 5.74) is 9.78. The number of amidine groups is 1. The molecule has 0 saturated carbocycles. The molecule has 0 amide bonds. The summed E-state index contributed by atoms with van der Waals surface area (Å²) < 4.78 is 14.0. The van der Waals surface area contributed by atoms with Crippen molar-refractivity contribution in [3.8, 4) is 11.1 Å². The summed E-state index contributed by atoms with van der Waals surface area (Å²) in [7, 11) is 0. The number of aliphatic carboxylic acids is 1. The van der Waals surface area contributed by atoms with Crippen LogP contribution in [-0.4, -0.2) is 21.9 Å². The molecular formula is C22H20FN3O2. The molecule has 142 valence electrons. The van der Waals surface area contributed by atoms with Gasteiger partial charge in [-0.25, -0.2) is 4.98 Å². The number of aliphatic imine (C=N–C) groups is 1. The summed E-state index contributed by atoms with van der Waals surface area (Å²) in [5.74, 6) is -0.777. The summed E-state index contributed by atoms with van der Waals surface area (Å²) in [4.78, 5) is 17.4. The molecule has 2 heterocycles. The first-order valence-corrected chi connectivity index (χ1v) is 8.69. The van der Waals surface area contributed by atoms with Gasteiger partial charge in [0.1, 0.15) is 11.4 Å². The number of carboxylic acid groups (broad SMARTS) is 1. The lowest BCUT2D eigenvalue weighted by molar-refractivity contribution is -0.134. The molecule has 2 aromatic carbocycles. The van der Waals surface area contributed by atoms with Crippen LogP contribution < -0.4 is 5.73 Å². The summed E-state index contributed by atoms with van der Waals surface area (Å²) in [6, 6.07) is 19.1. The first-order chi connectivity index (χ1) is 13.3. The predicted octanol–water partition coefficient (Wildman–Crippen LogP) is 3.96. The number of rotatable bonds is 2. The van der Waals surface area contributed by atoms with Crippen molar-refractivity contribution in [3.05, 3.63) is 89.5 Å². The van der Waals surface area contributed by atoms with Gasteiger partial charge >= 0.3 is 0 Å². The van der Waals surface area contributed by atoms with Crippen LogP contribution >= 0.6 is 0 Å². The number of carbonyl (C=O) groups is 1. The van der Waals surface area contributed by atoms with Crippen LogP contribution in [0, 0.1) is 5.95 Å². The van der Waals surface area contributed by atoms with Crippen LogP contribution in [0.3, 0.4) is 0 Å². The maximum Gasteiger partial charge on any atom is 0.300 e. The Labute approximate surface area is 162 Å². The molecule has 3 aromatic rings. The number of benzene rings is 2. The monoisotopic (exact) mass is 377 g/mol. The molecular weight excluding hydrogens is 357 g/mol. The van der Waals surface area contributed by atoms with Gasteiger partial charge in [-0.3, -0.25) is 9.79 Å². The van der Waals surface area contributed by atoms with Crippen LogP contribution in [0.15, 0.2) is 71.9 Å². The molecule has 0 saturated heterocycles. The van der Waals surface area contributed by atoms with Crippen molar-refractivity contribution >= 4 is 11.8 Å². The Hall–Kier alpha value is -3.54. The van der Waals surface area contributed by atoms with E-state index in [1.807, 2.05) is 55.5 Å². The van der Waals surface area contributed by atoms with Crippen LogP contribution in [0.2, 0.25) is 0 Å². The number of carboxylic acids is 1. The zero-order chi connectivity index (χ0) is 20.3. The first kappa shape index (κ1) is 19.2. The minimum atomic E-state index is -0.833. The van der Waals surface area contributed by atoms with Gasteiger partial charge in [0, 0.05) is 24.2 Å². The zero-order valence-electron chi connectivity index (χ0n) is 15.6. The Kier molecular flexibility index (Phi) is 5.22. The summed E-state index contributed by atoms with van der Waals surface area (Å²) in [6.07, 6.45) is 1.45. The fourth-order valence-electron chi connectivity index (χ4n) is 3.30. The smallest absolute Gasteiger partial charge is 0.300 e. The van der Waals surface area contributed by atoms with Crippen molar-refractivity contribution in [3.63, 3.8) is 0 Å². The van der Waals surface area contributed by atoms with Gasteiger partial charge in [-0.05, 0) is 41.8 Å². The van der Waals surface area contributed by atoms with E-state index in [0.29, 0.717) is 11.4 Å². The number of fused-ring (bicyclic) bond motifs is 1. The van der Waals surface area contributed by atoms with Crippen molar-refractivity contribution in [1.29, 1.82) is 0 Å². The molecule has 0 spiro atoms. The van der Waals surface area contributed by atoms with E-state index in [1.165, 1.54) is 6.20 Å². The van der Waals surface area contributed by atoms with Gasteiger partial charge in [-0.15, -0.1) is 0 Å². The van der Waals surface area contributed by atoms with Crippen molar-refractivity contribution in [2.75, 3.05) is 0 Å². The number of aromatic nitrogens is 1. The summed E-state index contributed by atoms with van der Waals surface area (Å²) in [6.45, 7) is 3.12. The van der Waals surface area contributed by atoms with Gasteiger partial charge in [0.25, 0.3) is 5.97 Å². The molecule has 0 fully saturated rings. The lowest BCUT2D eigenvalue weighted by Gasteiger charge is -2.24. The lowest BCUT2D eigenvalue weighted by Crippen LogP contribution is -2.18. The van der Waals surface area contributed by atoms with E-state index in [-0.39, 0.29) is 0 Å². The third kappa shape index (κ3) is 3.62. The number of hydrogen-bond acceptors (Lipinski definition) is 4. The molecule has 4 rings (SSSR count). The average Bonchev–Trinajstić information content (AvgIpc) is 2.94. The molecule has 0 aliphatic carbocycles. The molecule has 6 heteroatoms. The number of halogens is 1.